The Balaban J connectivity index is 2.09. The average molecular weight is 220 g/mol. The number of carbonyl (C=O) groups is 1. The lowest BCUT2D eigenvalue weighted by Crippen LogP contribution is -2.29. The van der Waals surface area contributed by atoms with Crippen molar-refractivity contribution in [3.05, 3.63) is 18.7 Å². The van der Waals surface area contributed by atoms with Crippen LogP contribution < -0.4 is 10.6 Å². The first-order chi connectivity index (χ1) is 7.81. The molecule has 2 aromatic heterocycles. The van der Waals surface area contributed by atoms with Gasteiger partial charge in [0.2, 0.25) is 11.6 Å². The molecule has 16 heavy (non-hydrogen) atoms. The van der Waals surface area contributed by atoms with Crippen LogP contribution in [-0.4, -0.2) is 38.6 Å². The van der Waals surface area contributed by atoms with E-state index in [4.69, 9.17) is 0 Å². The standard InChI is InChI=1S/C9H12N6O/c1-2-10-7(16)5-12-8-9-14-13-6-15(9)4-3-11-8/h3-4,6H,2,5H2,1H3,(H,10,16)(H,11,12). The Bertz CT molecular complexity index is 493. The molecule has 0 saturated heterocycles. The van der Waals surface area contributed by atoms with Gasteiger partial charge in [0.1, 0.15) is 6.33 Å². The lowest BCUT2D eigenvalue weighted by atomic mass is 10.5. The van der Waals surface area contributed by atoms with Gasteiger partial charge in [-0.25, -0.2) is 4.98 Å². The monoisotopic (exact) mass is 220 g/mol. The molecule has 0 radical (unpaired) electrons. The number of nitrogens with zero attached hydrogens (tertiary/aromatic N) is 4. The first-order valence-electron chi connectivity index (χ1n) is 4.96. The fraction of sp³-hybridized carbons (Fsp3) is 0.333. The van der Waals surface area contributed by atoms with Crippen molar-refractivity contribution < 1.29 is 4.79 Å². The van der Waals surface area contributed by atoms with Gasteiger partial charge in [-0.05, 0) is 6.92 Å². The van der Waals surface area contributed by atoms with Crippen LogP contribution in [-0.2, 0) is 4.79 Å². The van der Waals surface area contributed by atoms with Crippen LogP contribution in [0.1, 0.15) is 6.92 Å². The van der Waals surface area contributed by atoms with Crippen molar-refractivity contribution in [2.45, 2.75) is 6.92 Å². The predicted molar refractivity (Wildman–Crippen MR) is 58.0 cm³/mol. The Hall–Kier alpha value is -2.18. The van der Waals surface area contributed by atoms with E-state index in [0.717, 1.165) is 0 Å². The van der Waals surface area contributed by atoms with Crippen LogP contribution in [0.2, 0.25) is 0 Å². The van der Waals surface area contributed by atoms with Crippen LogP contribution in [0, 0.1) is 0 Å². The van der Waals surface area contributed by atoms with Crippen molar-refractivity contribution in [3.63, 3.8) is 0 Å². The first kappa shape index (κ1) is 10.3. The summed E-state index contributed by atoms with van der Waals surface area (Å²) >= 11 is 0. The molecule has 84 valence electrons. The molecule has 0 bridgehead atoms. The Morgan fingerprint density at radius 2 is 2.44 bits per heavy atom. The quantitative estimate of drug-likeness (QED) is 0.737. The van der Waals surface area contributed by atoms with Crippen LogP contribution in [0.5, 0.6) is 0 Å². The van der Waals surface area contributed by atoms with E-state index in [-0.39, 0.29) is 12.5 Å². The number of hydrogen-bond acceptors (Lipinski definition) is 5. The number of nitrogens with one attached hydrogen (secondary N) is 2. The third kappa shape index (κ3) is 2.08. The Morgan fingerprint density at radius 3 is 3.25 bits per heavy atom. The number of fused-ring (bicyclic) bond motifs is 1. The summed E-state index contributed by atoms with van der Waals surface area (Å²) in [5.74, 6) is 0.470. The summed E-state index contributed by atoms with van der Waals surface area (Å²) in [4.78, 5) is 15.3. The molecular formula is C9H12N6O. The van der Waals surface area contributed by atoms with Gasteiger partial charge < -0.3 is 10.6 Å². The molecule has 2 rings (SSSR count). The Labute approximate surface area is 91.9 Å². The second-order valence-electron chi connectivity index (χ2n) is 3.14. The molecule has 7 heteroatoms. The lowest BCUT2D eigenvalue weighted by Gasteiger charge is -2.05. The first-order valence-corrected chi connectivity index (χ1v) is 4.96. The van der Waals surface area contributed by atoms with E-state index in [2.05, 4.69) is 25.8 Å². The number of hydrogen-bond donors (Lipinski definition) is 2. The summed E-state index contributed by atoms with van der Waals surface area (Å²) < 4.78 is 1.73. The largest absolute Gasteiger partial charge is 0.358 e. The molecule has 2 aromatic rings. The number of anilines is 1. The van der Waals surface area contributed by atoms with Gasteiger partial charge in [0.05, 0.1) is 6.54 Å². The molecule has 0 fully saturated rings. The van der Waals surface area contributed by atoms with Gasteiger partial charge >= 0.3 is 0 Å². The molecule has 0 aliphatic carbocycles. The van der Waals surface area contributed by atoms with E-state index in [0.29, 0.717) is 18.0 Å². The second kappa shape index (κ2) is 4.56. The van der Waals surface area contributed by atoms with Crippen LogP contribution in [0.15, 0.2) is 18.7 Å². The van der Waals surface area contributed by atoms with E-state index in [1.54, 1.807) is 23.1 Å². The smallest absolute Gasteiger partial charge is 0.239 e. The van der Waals surface area contributed by atoms with Gasteiger partial charge in [-0.3, -0.25) is 9.20 Å². The number of carbonyl (C=O) groups excluding carboxylic acids is 1. The Morgan fingerprint density at radius 1 is 1.56 bits per heavy atom. The predicted octanol–water partition coefficient (Wildman–Crippen LogP) is -0.328. The second-order valence-corrected chi connectivity index (χ2v) is 3.14. The fourth-order valence-corrected chi connectivity index (χ4v) is 1.31. The van der Waals surface area contributed by atoms with E-state index >= 15 is 0 Å². The molecule has 0 spiro atoms. The minimum atomic E-state index is -0.0779. The number of aromatic nitrogens is 4. The summed E-state index contributed by atoms with van der Waals surface area (Å²) in [5, 5.41) is 13.3. The van der Waals surface area contributed by atoms with Crippen molar-refractivity contribution in [3.8, 4) is 0 Å². The third-order valence-corrected chi connectivity index (χ3v) is 2.01. The van der Waals surface area contributed by atoms with Gasteiger partial charge in [0.15, 0.2) is 5.82 Å². The van der Waals surface area contributed by atoms with Gasteiger partial charge in [0.25, 0.3) is 0 Å². The van der Waals surface area contributed by atoms with Gasteiger partial charge in [-0.2, -0.15) is 0 Å². The van der Waals surface area contributed by atoms with Crippen LogP contribution in [0.3, 0.4) is 0 Å². The molecule has 0 aliphatic heterocycles. The molecule has 0 atom stereocenters. The topological polar surface area (TPSA) is 84.2 Å². The molecule has 2 heterocycles. The normalized spacial score (nSPS) is 10.3. The van der Waals surface area contributed by atoms with Crippen molar-refractivity contribution in [2.24, 2.45) is 0 Å². The van der Waals surface area contributed by atoms with Crippen molar-refractivity contribution in [1.82, 2.24) is 24.9 Å². The highest BCUT2D eigenvalue weighted by Crippen LogP contribution is 2.08. The molecule has 1 amide bonds. The summed E-state index contributed by atoms with van der Waals surface area (Å²) in [5.41, 5.74) is 0.604. The van der Waals surface area contributed by atoms with Crippen molar-refractivity contribution in [2.75, 3.05) is 18.4 Å². The molecule has 0 aliphatic rings. The summed E-state index contributed by atoms with van der Waals surface area (Å²) in [6.07, 6.45) is 4.94. The minimum absolute atomic E-state index is 0.0779. The minimum Gasteiger partial charge on any atom is -0.358 e. The summed E-state index contributed by atoms with van der Waals surface area (Å²) in [6.45, 7) is 2.66. The van der Waals surface area contributed by atoms with Gasteiger partial charge in [-0.15, -0.1) is 10.2 Å². The molecule has 7 nitrogen and oxygen atoms in total. The summed E-state index contributed by atoms with van der Waals surface area (Å²) in [6, 6.07) is 0. The maximum atomic E-state index is 11.2. The number of amides is 1. The number of likely N-dealkylation sites (N-methyl/N-ethyl adjacent to an activating group) is 1. The van der Waals surface area contributed by atoms with Crippen LogP contribution in [0.4, 0.5) is 5.82 Å². The van der Waals surface area contributed by atoms with E-state index in [1.807, 2.05) is 6.92 Å². The molecule has 0 saturated carbocycles. The van der Waals surface area contributed by atoms with Crippen molar-refractivity contribution >= 4 is 17.4 Å². The zero-order chi connectivity index (χ0) is 11.4. The summed E-state index contributed by atoms with van der Waals surface area (Å²) in [7, 11) is 0. The molecule has 0 unspecified atom stereocenters. The molecular weight excluding hydrogens is 208 g/mol. The van der Waals surface area contributed by atoms with Gasteiger partial charge in [0, 0.05) is 18.9 Å². The zero-order valence-electron chi connectivity index (χ0n) is 8.84. The maximum Gasteiger partial charge on any atom is 0.239 e. The Kier molecular flexibility index (Phi) is 2.95. The van der Waals surface area contributed by atoms with E-state index < -0.39 is 0 Å². The molecule has 2 N–H and O–H groups in total. The third-order valence-electron chi connectivity index (χ3n) is 2.01. The SMILES string of the molecule is CCNC(=O)CNc1nccn2cnnc12. The highest BCUT2D eigenvalue weighted by atomic mass is 16.1. The van der Waals surface area contributed by atoms with Crippen molar-refractivity contribution in [1.29, 1.82) is 0 Å². The highest BCUT2D eigenvalue weighted by molar-refractivity contribution is 5.81. The van der Waals surface area contributed by atoms with Gasteiger partial charge in [-0.1, -0.05) is 0 Å². The maximum absolute atomic E-state index is 11.2. The lowest BCUT2D eigenvalue weighted by molar-refractivity contribution is -0.119. The fourth-order valence-electron chi connectivity index (χ4n) is 1.31. The zero-order valence-corrected chi connectivity index (χ0v) is 8.84. The molecule has 0 aromatic carbocycles. The van der Waals surface area contributed by atoms with E-state index in [1.165, 1.54) is 0 Å². The van der Waals surface area contributed by atoms with Crippen LogP contribution in [0.25, 0.3) is 5.65 Å². The highest BCUT2D eigenvalue weighted by Gasteiger charge is 2.05. The van der Waals surface area contributed by atoms with E-state index in [9.17, 15) is 4.79 Å². The average Bonchev–Trinajstić information content (AvgIpc) is 2.75. The van der Waals surface area contributed by atoms with Crippen LogP contribution >= 0.6 is 0 Å². The number of rotatable bonds is 4.